The first-order valence-electron chi connectivity index (χ1n) is 15.1. The second kappa shape index (κ2) is 11.8. The van der Waals surface area contributed by atoms with E-state index < -0.39 is 18.9 Å². The lowest BCUT2D eigenvalue weighted by Crippen LogP contribution is -2.40. The van der Waals surface area contributed by atoms with E-state index >= 15 is 0 Å². The Bertz CT molecular complexity index is 1520. The summed E-state index contributed by atoms with van der Waals surface area (Å²) < 4.78 is 15.9. The van der Waals surface area contributed by atoms with Crippen molar-refractivity contribution in [1.82, 2.24) is 4.31 Å². The molecule has 1 aliphatic rings. The lowest BCUT2D eigenvalue weighted by atomic mass is 9.63. The maximum absolute atomic E-state index is 14.1. The van der Waals surface area contributed by atoms with Crippen molar-refractivity contribution in [3.8, 4) is 0 Å². The number of hydrogen-bond acceptors (Lipinski definition) is 1. The van der Waals surface area contributed by atoms with Crippen LogP contribution in [0.1, 0.15) is 89.6 Å². The Labute approximate surface area is 257 Å². The van der Waals surface area contributed by atoms with Gasteiger partial charge in [-0.05, 0) is 90.5 Å². The maximum atomic E-state index is 14.1. The van der Waals surface area contributed by atoms with Crippen molar-refractivity contribution >= 4 is 34.8 Å². The summed E-state index contributed by atoms with van der Waals surface area (Å²) in [6, 6.07) is 37.6. The largest absolute Gasteiger partial charge is 0.242 e. The minimum Gasteiger partial charge on any atom is -0.242 e. The van der Waals surface area contributed by atoms with E-state index in [2.05, 4.69) is 156 Å². The highest BCUT2D eigenvalue weighted by Gasteiger charge is 2.39. The molecule has 2 nitrogen and oxygen atoms in total. The Morgan fingerprint density at radius 3 is 1.76 bits per heavy atom. The van der Waals surface area contributed by atoms with Crippen molar-refractivity contribution in [3.05, 3.63) is 125 Å². The second-order valence-electron chi connectivity index (χ2n) is 13.9. The van der Waals surface area contributed by atoms with Gasteiger partial charge in [-0.1, -0.05) is 131 Å². The average molecular weight is 596 g/mol. The van der Waals surface area contributed by atoms with E-state index in [1.165, 1.54) is 44.6 Å². The Morgan fingerprint density at radius 2 is 1.21 bits per heavy atom. The van der Waals surface area contributed by atoms with Crippen molar-refractivity contribution < 1.29 is 4.21 Å². The van der Waals surface area contributed by atoms with Crippen molar-refractivity contribution in [1.29, 1.82) is 0 Å². The van der Waals surface area contributed by atoms with Crippen LogP contribution < -0.4 is 15.9 Å². The van der Waals surface area contributed by atoms with Gasteiger partial charge in [0.1, 0.15) is 11.0 Å². The van der Waals surface area contributed by atoms with Crippen LogP contribution in [-0.4, -0.2) is 20.3 Å². The van der Waals surface area contributed by atoms with Crippen molar-refractivity contribution in [2.24, 2.45) is 0 Å². The molecule has 2 atom stereocenters. The molecule has 0 fully saturated rings. The van der Waals surface area contributed by atoms with Gasteiger partial charge < -0.3 is 0 Å². The Kier molecular flexibility index (Phi) is 8.70. The molecule has 0 saturated heterocycles. The van der Waals surface area contributed by atoms with Gasteiger partial charge in [0, 0.05) is 7.05 Å². The molecule has 0 heterocycles. The summed E-state index contributed by atoms with van der Waals surface area (Å²) in [6.45, 7) is 15.7. The van der Waals surface area contributed by atoms with Crippen LogP contribution in [-0.2, 0) is 21.8 Å². The minimum absolute atomic E-state index is 0.0907. The zero-order valence-electron chi connectivity index (χ0n) is 26.5. The van der Waals surface area contributed by atoms with Crippen molar-refractivity contribution in [2.45, 2.75) is 82.9 Å². The van der Waals surface area contributed by atoms with Crippen LogP contribution in [0, 0.1) is 0 Å². The highest BCUT2D eigenvalue weighted by molar-refractivity contribution is 7.84. The quantitative estimate of drug-likeness (QED) is 0.197. The molecule has 0 spiro atoms. The van der Waals surface area contributed by atoms with Gasteiger partial charge in [-0.15, -0.1) is 0 Å². The summed E-state index contributed by atoms with van der Waals surface area (Å²) in [7, 11) is -0.00419. The fourth-order valence-corrected chi connectivity index (χ4v) is 10.2. The van der Waals surface area contributed by atoms with Crippen LogP contribution in [0.4, 0.5) is 0 Å². The molecule has 4 heteroatoms. The van der Waals surface area contributed by atoms with Crippen LogP contribution in [0.25, 0.3) is 0 Å². The van der Waals surface area contributed by atoms with E-state index in [0.29, 0.717) is 0 Å². The Balaban J connectivity index is 1.76. The van der Waals surface area contributed by atoms with Gasteiger partial charge in [0.2, 0.25) is 0 Å². The smallest absolute Gasteiger partial charge is 0.100 e. The number of rotatable bonds is 7. The van der Waals surface area contributed by atoms with E-state index in [1.807, 2.05) is 7.05 Å². The summed E-state index contributed by atoms with van der Waals surface area (Å²) in [5, 5.41) is 3.95. The molecule has 0 radical (unpaired) electrons. The Hall–Kier alpha value is -2.58. The molecule has 5 rings (SSSR count). The van der Waals surface area contributed by atoms with Crippen molar-refractivity contribution in [3.63, 3.8) is 0 Å². The lowest BCUT2D eigenvalue weighted by molar-refractivity contribution is 0.330. The van der Waals surface area contributed by atoms with Crippen LogP contribution in [0.2, 0.25) is 0 Å². The number of nitrogens with zero attached hydrogens (tertiary/aromatic N) is 1. The van der Waals surface area contributed by atoms with E-state index in [0.717, 1.165) is 6.42 Å². The molecule has 42 heavy (non-hydrogen) atoms. The van der Waals surface area contributed by atoms with E-state index in [1.54, 1.807) is 0 Å². The highest BCUT2D eigenvalue weighted by atomic mass is 32.2. The summed E-state index contributed by atoms with van der Waals surface area (Å²) in [5.41, 5.74) is 5.55. The van der Waals surface area contributed by atoms with Gasteiger partial charge in [0.05, 0.1) is 10.8 Å². The maximum Gasteiger partial charge on any atom is 0.100 e. The zero-order chi connectivity index (χ0) is 30.3. The second-order valence-corrected chi connectivity index (χ2v) is 18.4. The molecule has 0 N–H and O–H groups in total. The van der Waals surface area contributed by atoms with Gasteiger partial charge in [0.15, 0.2) is 0 Å². The molecule has 4 aromatic carbocycles. The fraction of sp³-hybridized carbons (Fsp3) is 0.368. The number of fused-ring (bicyclic) bond motifs is 1. The summed E-state index contributed by atoms with van der Waals surface area (Å²) in [6.07, 6.45) is 2.35. The Morgan fingerprint density at radius 1 is 0.714 bits per heavy atom. The monoisotopic (exact) mass is 595 g/mol. The molecule has 0 aromatic heterocycles. The van der Waals surface area contributed by atoms with E-state index in [4.69, 9.17) is 0 Å². The van der Waals surface area contributed by atoms with Gasteiger partial charge in [-0.2, -0.15) is 0 Å². The zero-order valence-corrected chi connectivity index (χ0v) is 28.2. The molecule has 0 amide bonds. The first kappa shape index (κ1) is 30.9. The molecular formula is C38H46NOPS. The molecule has 1 aliphatic carbocycles. The van der Waals surface area contributed by atoms with Crippen LogP contribution in [0.15, 0.2) is 103 Å². The predicted molar refractivity (Wildman–Crippen MR) is 184 cm³/mol. The highest BCUT2D eigenvalue weighted by Crippen LogP contribution is 2.47. The SMILES string of the molecule is CN([C@@H](c1ccc2c(c1)C(C)(C)CCC2(C)C)c1ccccc1P(c1ccccc1)c1ccccc1)S(=O)C(C)(C)C. The molecule has 0 aliphatic heterocycles. The van der Waals surface area contributed by atoms with Gasteiger partial charge in [0.25, 0.3) is 0 Å². The predicted octanol–water partition coefficient (Wildman–Crippen LogP) is 8.28. The van der Waals surface area contributed by atoms with E-state index in [-0.39, 0.29) is 21.6 Å². The van der Waals surface area contributed by atoms with Crippen LogP contribution >= 0.6 is 7.92 Å². The number of hydrogen-bond donors (Lipinski definition) is 0. The minimum atomic E-state index is -1.22. The van der Waals surface area contributed by atoms with Gasteiger partial charge in [-0.25, -0.2) is 8.51 Å². The third-order valence-electron chi connectivity index (χ3n) is 8.84. The summed E-state index contributed by atoms with van der Waals surface area (Å²) in [4.78, 5) is 0. The third kappa shape index (κ3) is 6.07. The van der Waals surface area contributed by atoms with E-state index in [9.17, 15) is 4.21 Å². The van der Waals surface area contributed by atoms with Gasteiger partial charge in [-0.3, -0.25) is 0 Å². The third-order valence-corrected chi connectivity index (χ3v) is 13.1. The standard InChI is InChI=1S/C38H46NOPS/c1-36(2,3)42(40)39(8)35(28-23-24-32-33(27-28)38(6,7)26-25-37(32,4)5)31-21-15-16-22-34(31)41(29-17-11-9-12-18-29)30-19-13-10-14-20-30/h9-24,27,35H,25-26H2,1-8H3/t35-,42?/m0/s1. The van der Waals surface area contributed by atoms with Crippen LogP contribution in [0.3, 0.4) is 0 Å². The molecular weight excluding hydrogens is 549 g/mol. The topological polar surface area (TPSA) is 20.3 Å². The summed E-state index contributed by atoms with van der Waals surface area (Å²) in [5.74, 6) is 0. The molecule has 220 valence electrons. The fourth-order valence-electron chi connectivity index (χ4n) is 6.39. The van der Waals surface area contributed by atoms with Crippen molar-refractivity contribution in [2.75, 3.05) is 7.05 Å². The normalized spacial score (nSPS) is 17.6. The average Bonchev–Trinajstić information content (AvgIpc) is 2.97. The number of benzene rings is 4. The van der Waals surface area contributed by atoms with Gasteiger partial charge >= 0.3 is 0 Å². The lowest BCUT2D eigenvalue weighted by Gasteiger charge is -2.43. The first-order valence-corrected chi connectivity index (χ1v) is 17.5. The first-order chi connectivity index (χ1) is 19.8. The molecule has 0 bridgehead atoms. The summed E-state index contributed by atoms with van der Waals surface area (Å²) >= 11 is 0. The molecule has 0 saturated carbocycles. The van der Waals surface area contributed by atoms with Crippen LogP contribution in [0.5, 0.6) is 0 Å². The molecule has 4 aromatic rings. The molecule has 1 unspecified atom stereocenters.